The average Bonchev–Trinajstić information content (AvgIpc) is 3.01. The summed E-state index contributed by atoms with van der Waals surface area (Å²) in [5.41, 5.74) is 0.919. The molecule has 0 saturated carbocycles. The molecular weight excluding hydrogens is 284 g/mol. The first-order chi connectivity index (χ1) is 10.8. The van der Waals surface area contributed by atoms with Crippen LogP contribution in [-0.2, 0) is 0 Å². The van der Waals surface area contributed by atoms with Gasteiger partial charge in [0.25, 0.3) is 5.91 Å². The summed E-state index contributed by atoms with van der Waals surface area (Å²) < 4.78 is 10.5. The van der Waals surface area contributed by atoms with E-state index in [4.69, 9.17) is 9.47 Å². The van der Waals surface area contributed by atoms with Crippen molar-refractivity contribution in [1.29, 1.82) is 0 Å². The molecule has 0 unspecified atom stereocenters. The van der Waals surface area contributed by atoms with Crippen molar-refractivity contribution in [2.24, 2.45) is 0 Å². The van der Waals surface area contributed by atoms with Crippen LogP contribution in [0.2, 0.25) is 0 Å². The molecule has 1 aromatic heterocycles. The fourth-order valence-corrected chi connectivity index (χ4v) is 1.98. The zero-order valence-corrected chi connectivity index (χ0v) is 12.1. The van der Waals surface area contributed by atoms with Crippen LogP contribution in [-0.4, -0.2) is 29.2 Å². The van der Waals surface area contributed by atoms with Gasteiger partial charge in [-0.1, -0.05) is 6.92 Å². The van der Waals surface area contributed by atoms with Gasteiger partial charge in [-0.3, -0.25) is 4.79 Å². The molecule has 0 radical (unpaired) electrons. The summed E-state index contributed by atoms with van der Waals surface area (Å²) in [5.74, 6) is 1.43. The number of hydrogen-bond donors (Lipinski definition) is 2. The highest BCUT2D eigenvalue weighted by atomic mass is 16.7. The number of benzene rings is 1. The molecule has 0 fully saturated rings. The third-order valence-corrected chi connectivity index (χ3v) is 3.05. The highest BCUT2D eigenvalue weighted by molar-refractivity contribution is 6.03. The molecule has 0 saturated heterocycles. The van der Waals surface area contributed by atoms with Crippen LogP contribution in [0, 0.1) is 0 Å². The minimum Gasteiger partial charge on any atom is -0.454 e. The predicted molar refractivity (Wildman–Crippen MR) is 81.3 cm³/mol. The molecule has 0 aliphatic carbocycles. The van der Waals surface area contributed by atoms with E-state index in [1.54, 1.807) is 30.5 Å². The maximum absolute atomic E-state index is 12.2. The lowest BCUT2D eigenvalue weighted by molar-refractivity contribution is 0.102. The second-order valence-electron chi connectivity index (χ2n) is 4.71. The van der Waals surface area contributed by atoms with Crippen molar-refractivity contribution in [2.45, 2.75) is 13.3 Å². The van der Waals surface area contributed by atoms with Crippen LogP contribution < -0.4 is 20.1 Å². The first-order valence-corrected chi connectivity index (χ1v) is 7.04. The number of fused-ring (bicyclic) bond motifs is 1. The number of rotatable bonds is 5. The molecule has 0 spiro atoms. The first-order valence-electron chi connectivity index (χ1n) is 7.04. The van der Waals surface area contributed by atoms with Crippen molar-refractivity contribution in [3.63, 3.8) is 0 Å². The van der Waals surface area contributed by atoms with Gasteiger partial charge in [0.05, 0.1) is 0 Å². The van der Waals surface area contributed by atoms with Crippen LogP contribution in [0.3, 0.4) is 0 Å². The molecule has 0 bridgehead atoms. The summed E-state index contributed by atoms with van der Waals surface area (Å²) in [4.78, 5) is 20.5. The molecule has 1 aromatic carbocycles. The zero-order chi connectivity index (χ0) is 15.4. The van der Waals surface area contributed by atoms with E-state index in [0.29, 0.717) is 28.8 Å². The summed E-state index contributed by atoms with van der Waals surface area (Å²) in [7, 11) is 0. The molecule has 0 atom stereocenters. The van der Waals surface area contributed by atoms with E-state index in [-0.39, 0.29) is 12.7 Å². The van der Waals surface area contributed by atoms with Crippen molar-refractivity contribution in [2.75, 3.05) is 24.0 Å². The molecule has 3 rings (SSSR count). The monoisotopic (exact) mass is 300 g/mol. The van der Waals surface area contributed by atoms with E-state index in [1.807, 2.05) is 6.92 Å². The van der Waals surface area contributed by atoms with Crippen molar-refractivity contribution in [3.8, 4) is 11.5 Å². The minimum atomic E-state index is -0.305. The molecule has 1 amide bonds. The van der Waals surface area contributed by atoms with Crippen LogP contribution >= 0.6 is 0 Å². The number of carbonyl (C=O) groups is 1. The Kier molecular flexibility index (Phi) is 4.04. The molecule has 2 aromatic rings. The van der Waals surface area contributed by atoms with Crippen LogP contribution in [0.4, 0.5) is 11.6 Å². The SMILES string of the molecule is CCCNc1nccc(C(=O)Nc2ccc3c(c2)OCO3)n1. The quantitative estimate of drug-likeness (QED) is 0.881. The smallest absolute Gasteiger partial charge is 0.274 e. The number of amides is 1. The number of ether oxygens (including phenoxy) is 2. The number of anilines is 2. The van der Waals surface area contributed by atoms with Gasteiger partial charge in [-0.25, -0.2) is 9.97 Å². The number of aromatic nitrogens is 2. The molecule has 22 heavy (non-hydrogen) atoms. The van der Waals surface area contributed by atoms with E-state index in [9.17, 15) is 4.79 Å². The fraction of sp³-hybridized carbons (Fsp3) is 0.267. The third-order valence-electron chi connectivity index (χ3n) is 3.05. The lowest BCUT2D eigenvalue weighted by atomic mass is 10.2. The summed E-state index contributed by atoms with van der Waals surface area (Å²) in [6.45, 7) is 3.00. The fourth-order valence-electron chi connectivity index (χ4n) is 1.98. The lowest BCUT2D eigenvalue weighted by Crippen LogP contribution is -2.15. The molecule has 1 aliphatic rings. The summed E-state index contributed by atoms with van der Waals surface area (Å²) in [6, 6.07) is 6.80. The molecule has 7 nitrogen and oxygen atoms in total. The summed E-state index contributed by atoms with van der Waals surface area (Å²) in [5, 5.41) is 5.83. The maximum Gasteiger partial charge on any atom is 0.274 e. The van der Waals surface area contributed by atoms with Crippen LogP contribution in [0.5, 0.6) is 11.5 Å². The lowest BCUT2D eigenvalue weighted by Gasteiger charge is -2.07. The zero-order valence-electron chi connectivity index (χ0n) is 12.1. The van der Waals surface area contributed by atoms with Crippen LogP contribution in [0.15, 0.2) is 30.5 Å². The average molecular weight is 300 g/mol. The number of hydrogen-bond acceptors (Lipinski definition) is 6. The predicted octanol–water partition coefficient (Wildman–Crippen LogP) is 2.28. The topological polar surface area (TPSA) is 85.4 Å². The Morgan fingerprint density at radius 1 is 1.27 bits per heavy atom. The van der Waals surface area contributed by atoms with Gasteiger partial charge < -0.3 is 20.1 Å². The largest absolute Gasteiger partial charge is 0.454 e. The van der Waals surface area contributed by atoms with Gasteiger partial charge in [0.15, 0.2) is 11.5 Å². The second-order valence-corrected chi connectivity index (χ2v) is 4.71. The van der Waals surface area contributed by atoms with Gasteiger partial charge in [-0.05, 0) is 24.6 Å². The molecule has 2 heterocycles. The van der Waals surface area contributed by atoms with Crippen molar-refractivity contribution in [3.05, 3.63) is 36.2 Å². The molecule has 2 N–H and O–H groups in total. The Balaban J connectivity index is 1.71. The number of nitrogens with one attached hydrogen (secondary N) is 2. The Hall–Kier alpha value is -2.83. The van der Waals surface area contributed by atoms with Crippen LogP contribution in [0.25, 0.3) is 0 Å². The Bertz CT molecular complexity index is 690. The van der Waals surface area contributed by atoms with Gasteiger partial charge in [-0.2, -0.15) is 0 Å². The van der Waals surface area contributed by atoms with E-state index >= 15 is 0 Å². The second kappa shape index (κ2) is 6.30. The number of carbonyl (C=O) groups excluding carboxylic acids is 1. The molecule has 1 aliphatic heterocycles. The van der Waals surface area contributed by atoms with Gasteiger partial charge >= 0.3 is 0 Å². The van der Waals surface area contributed by atoms with Crippen molar-refractivity contribution >= 4 is 17.5 Å². The van der Waals surface area contributed by atoms with Crippen molar-refractivity contribution < 1.29 is 14.3 Å². The first kappa shape index (κ1) is 14.1. The Morgan fingerprint density at radius 3 is 3.00 bits per heavy atom. The Morgan fingerprint density at radius 2 is 2.14 bits per heavy atom. The van der Waals surface area contributed by atoms with Crippen LogP contribution in [0.1, 0.15) is 23.8 Å². The van der Waals surface area contributed by atoms with Gasteiger partial charge in [0.1, 0.15) is 5.69 Å². The van der Waals surface area contributed by atoms with Gasteiger partial charge in [0, 0.05) is 24.5 Å². The Labute approximate surface area is 127 Å². The molecular formula is C15H16N4O3. The van der Waals surface area contributed by atoms with E-state index < -0.39 is 0 Å². The van der Waals surface area contributed by atoms with Crippen molar-refractivity contribution in [1.82, 2.24) is 9.97 Å². The highest BCUT2D eigenvalue weighted by Crippen LogP contribution is 2.34. The third kappa shape index (κ3) is 3.08. The molecule has 114 valence electrons. The maximum atomic E-state index is 12.2. The van der Waals surface area contributed by atoms with Gasteiger partial charge in [0.2, 0.25) is 12.7 Å². The summed E-state index contributed by atoms with van der Waals surface area (Å²) >= 11 is 0. The highest BCUT2D eigenvalue weighted by Gasteiger charge is 2.15. The standard InChI is InChI=1S/C15H16N4O3/c1-2-6-16-15-17-7-5-11(19-15)14(20)18-10-3-4-12-13(8-10)22-9-21-12/h3-5,7-8H,2,6,9H2,1H3,(H,18,20)(H,16,17,19). The minimum absolute atomic E-state index is 0.200. The van der Waals surface area contributed by atoms with E-state index in [2.05, 4.69) is 20.6 Å². The van der Waals surface area contributed by atoms with E-state index in [0.717, 1.165) is 13.0 Å². The van der Waals surface area contributed by atoms with E-state index in [1.165, 1.54) is 0 Å². The number of nitrogens with zero attached hydrogens (tertiary/aromatic N) is 2. The molecule has 7 heteroatoms. The van der Waals surface area contributed by atoms with Gasteiger partial charge in [-0.15, -0.1) is 0 Å². The normalized spacial score (nSPS) is 12.0. The summed E-state index contributed by atoms with van der Waals surface area (Å²) in [6.07, 6.45) is 2.51.